The summed E-state index contributed by atoms with van der Waals surface area (Å²) in [6, 6.07) is 4.13. The molecule has 17 heavy (non-hydrogen) atoms. The largest absolute Gasteiger partial charge is 0.488 e. The lowest BCUT2D eigenvalue weighted by Crippen LogP contribution is -2.43. The molecule has 0 amide bonds. The normalized spacial score (nSPS) is 19.2. The molecule has 0 radical (unpaired) electrons. The summed E-state index contributed by atoms with van der Waals surface area (Å²) in [5.41, 5.74) is 2.19. The minimum absolute atomic E-state index is 0.680. The van der Waals surface area contributed by atoms with Crippen LogP contribution in [0.25, 0.3) is 0 Å². The van der Waals surface area contributed by atoms with E-state index in [2.05, 4.69) is 21.6 Å². The Balaban J connectivity index is 1.92. The van der Waals surface area contributed by atoms with Crippen molar-refractivity contribution in [3.63, 3.8) is 0 Å². The van der Waals surface area contributed by atoms with Crippen LogP contribution in [0.1, 0.15) is 0 Å². The summed E-state index contributed by atoms with van der Waals surface area (Å²) in [6.45, 7) is 5.62. The van der Waals surface area contributed by atoms with Gasteiger partial charge in [0.25, 0.3) is 0 Å². The molecular weight excluding hydrogens is 238 g/mol. The molecule has 5 heteroatoms. The highest BCUT2D eigenvalue weighted by molar-refractivity contribution is 6.33. The van der Waals surface area contributed by atoms with Gasteiger partial charge in [0, 0.05) is 38.4 Å². The molecule has 1 aromatic carbocycles. The van der Waals surface area contributed by atoms with Gasteiger partial charge in [0.05, 0.1) is 10.7 Å². The van der Waals surface area contributed by atoms with Crippen LogP contribution in [0.2, 0.25) is 5.02 Å². The zero-order valence-electron chi connectivity index (χ0n) is 9.63. The monoisotopic (exact) mass is 253 g/mol. The van der Waals surface area contributed by atoms with E-state index in [4.69, 9.17) is 16.3 Å². The molecule has 0 aliphatic carbocycles. The predicted molar refractivity (Wildman–Crippen MR) is 70.5 cm³/mol. The number of hydrogen-bond donors (Lipinski definition) is 2. The van der Waals surface area contributed by atoms with E-state index in [0.29, 0.717) is 11.6 Å². The summed E-state index contributed by atoms with van der Waals surface area (Å²) >= 11 is 6.26. The fraction of sp³-hybridized carbons (Fsp3) is 0.500. The maximum Gasteiger partial charge on any atom is 0.161 e. The Bertz CT molecular complexity index is 418. The highest BCUT2D eigenvalue weighted by Crippen LogP contribution is 2.39. The number of ether oxygens (including phenoxy) is 1. The SMILES string of the molecule is Clc1cc(N2CCNCC2)cc2c1OCCN2. The van der Waals surface area contributed by atoms with Crippen LogP contribution in [-0.4, -0.2) is 39.3 Å². The lowest BCUT2D eigenvalue weighted by atomic mass is 10.2. The molecule has 1 fully saturated rings. The Morgan fingerprint density at radius 1 is 1.18 bits per heavy atom. The molecule has 3 rings (SSSR count). The molecule has 2 aliphatic heterocycles. The average Bonchev–Trinajstić information content (AvgIpc) is 2.40. The summed E-state index contributed by atoms with van der Waals surface area (Å²) in [4.78, 5) is 2.35. The number of halogens is 1. The van der Waals surface area contributed by atoms with Gasteiger partial charge in [-0.25, -0.2) is 0 Å². The standard InChI is InChI=1S/C12H16ClN3O/c13-10-7-9(16-4-1-14-2-5-16)8-11-12(10)17-6-3-15-11/h7-8,14-15H,1-6H2. The first-order valence-electron chi connectivity index (χ1n) is 6.00. The van der Waals surface area contributed by atoms with Gasteiger partial charge in [-0.15, -0.1) is 0 Å². The van der Waals surface area contributed by atoms with Crippen molar-refractivity contribution < 1.29 is 4.74 Å². The summed E-state index contributed by atoms with van der Waals surface area (Å²) < 4.78 is 5.57. The first-order valence-corrected chi connectivity index (χ1v) is 6.38. The third kappa shape index (κ3) is 2.15. The van der Waals surface area contributed by atoms with E-state index in [0.717, 1.165) is 44.2 Å². The molecule has 1 aromatic rings. The van der Waals surface area contributed by atoms with Crippen molar-refractivity contribution in [2.45, 2.75) is 0 Å². The molecule has 0 aromatic heterocycles. The van der Waals surface area contributed by atoms with E-state index in [1.807, 2.05) is 6.07 Å². The number of hydrogen-bond acceptors (Lipinski definition) is 4. The molecule has 0 saturated carbocycles. The van der Waals surface area contributed by atoms with Gasteiger partial charge in [-0.2, -0.15) is 0 Å². The first kappa shape index (κ1) is 11.0. The summed E-state index contributed by atoms with van der Waals surface area (Å²) in [5.74, 6) is 0.789. The molecule has 2 N–H and O–H groups in total. The van der Waals surface area contributed by atoms with Gasteiger partial charge in [0.1, 0.15) is 6.61 Å². The van der Waals surface area contributed by atoms with E-state index < -0.39 is 0 Å². The number of benzene rings is 1. The highest BCUT2D eigenvalue weighted by Gasteiger charge is 2.18. The maximum atomic E-state index is 6.26. The maximum absolute atomic E-state index is 6.26. The van der Waals surface area contributed by atoms with Crippen molar-refractivity contribution in [2.75, 3.05) is 49.5 Å². The van der Waals surface area contributed by atoms with Crippen molar-refractivity contribution in [1.82, 2.24) is 5.32 Å². The van der Waals surface area contributed by atoms with Crippen LogP contribution in [0, 0.1) is 0 Å². The lowest BCUT2D eigenvalue weighted by Gasteiger charge is -2.31. The van der Waals surface area contributed by atoms with Gasteiger partial charge >= 0.3 is 0 Å². The fourth-order valence-corrected chi connectivity index (χ4v) is 2.57. The van der Waals surface area contributed by atoms with Gasteiger partial charge in [0.2, 0.25) is 0 Å². The van der Waals surface area contributed by atoms with Crippen molar-refractivity contribution in [1.29, 1.82) is 0 Å². The second-order valence-electron chi connectivity index (χ2n) is 4.32. The number of nitrogens with one attached hydrogen (secondary N) is 2. The third-order valence-corrected chi connectivity index (χ3v) is 3.46. The third-order valence-electron chi connectivity index (χ3n) is 3.17. The van der Waals surface area contributed by atoms with Crippen molar-refractivity contribution in [3.05, 3.63) is 17.2 Å². The Hall–Kier alpha value is -1.13. The Kier molecular flexibility index (Phi) is 2.99. The van der Waals surface area contributed by atoms with Crippen LogP contribution in [0.15, 0.2) is 12.1 Å². The molecule has 0 unspecified atom stereocenters. The number of fused-ring (bicyclic) bond motifs is 1. The smallest absolute Gasteiger partial charge is 0.161 e. The van der Waals surface area contributed by atoms with E-state index in [1.54, 1.807) is 0 Å². The summed E-state index contributed by atoms with van der Waals surface area (Å²) in [5, 5.41) is 7.38. The van der Waals surface area contributed by atoms with Gasteiger partial charge in [0.15, 0.2) is 5.75 Å². The molecule has 1 saturated heterocycles. The van der Waals surface area contributed by atoms with Crippen LogP contribution in [0.4, 0.5) is 11.4 Å². The minimum atomic E-state index is 0.680. The van der Waals surface area contributed by atoms with Crippen molar-refractivity contribution in [2.24, 2.45) is 0 Å². The van der Waals surface area contributed by atoms with Crippen LogP contribution in [0.3, 0.4) is 0 Å². The Morgan fingerprint density at radius 2 is 2.00 bits per heavy atom. The van der Waals surface area contributed by atoms with Crippen LogP contribution >= 0.6 is 11.6 Å². The molecule has 0 atom stereocenters. The quantitative estimate of drug-likeness (QED) is 0.796. The van der Waals surface area contributed by atoms with Gasteiger partial charge in [-0.1, -0.05) is 11.6 Å². The molecule has 0 bridgehead atoms. The fourth-order valence-electron chi connectivity index (χ4n) is 2.30. The number of anilines is 2. The van der Waals surface area contributed by atoms with Crippen LogP contribution < -0.4 is 20.3 Å². The second-order valence-corrected chi connectivity index (χ2v) is 4.72. The zero-order valence-corrected chi connectivity index (χ0v) is 10.4. The summed E-state index contributed by atoms with van der Waals surface area (Å²) in [6.07, 6.45) is 0. The van der Waals surface area contributed by atoms with E-state index in [-0.39, 0.29) is 0 Å². The van der Waals surface area contributed by atoms with E-state index >= 15 is 0 Å². The molecule has 92 valence electrons. The van der Waals surface area contributed by atoms with Crippen LogP contribution in [0.5, 0.6) is 5.75 Å². The number of rotatable bonds is 1. The molecule has 0 spiro atoms. The Labute approximate surface area is 106 Å². The topological polar surface area (TPSA) is 36.5 Å². The van der Waals surface area contributed by atoms with Crippen LogP contribution in [-0.2, 0) is 0 Å². The molecule has 4 nitrogen and oxygen atoms in total. The average molecular weight is 254 g/mol. The molecule has 2 heterocycles. The van der Waals surface area contributed by atoms with E-state index in [9.17, 15) is 0 Å². The van der Waals surface area contributed by atoms with Gasteiger partial charge in [-0.3, -0.25) is 0 Å². The summed E-state index contributed by atoms with van der Waals surface area (Å²) in [7, 11) is 0. The molecule has 2 aliphatic rings. The lowest BCUT2D eigenvalue weighted by molar-refractivity contribution is 0.323. The second kappa shape index (κ2) is 4.63. The number of piperazine rings is 1. The van der Waals surface area contributed by atoms with Crippen molar-refractivity contribution in [3.8, 4) is 5.75 Å². The Morgan fingerprint density at radius 3 is 2.82 bits per heavy atom. The zero-order chi connectivity index (χ0) is 11.7. The number of nitrogens with zero attached hydrogens (tertiary/aromatic N) is 1. The molecular formula is C12H16ClN3O. The van der Waals surface area contributed by atoms with E-state index in [1.165, 1.54) is 5.69 Å². The van der Waals surface area contributed by atoms with Gasteiger partial charge in [-0.05, 0) is 12.1 Å². The first-order chi connectivity index (χ1) is 8.34. The highest BCUT2D eigenvalue weighted by atomic mass is 35.5. The van der Waals surface area contributed by atoms with Crippen molar-refractivity contribution >= 4 is 23.0 Å². The predicted octanol–water partition coefficient (Wildman–Crippen LogP) is 1.55. The minimum Gasteiger partial charge on any atom is -0.488 e. The van der Waals surface area contributed by atoms with Gasteiger partial charge < -0.3 is 20.3 Å².